The predicted molar refractivity (Wildman–Crippen MR) is 68.6 cm³/mol. The standard InChI is InChI=1S/C13H18N2O3/c16-15(17)13-4-2-1-3-11(13)5-8-14-12-6-9-18-10-7-12/h1-4,12,14H,5-10H2. The molecule has 1 aliphatic rings. The third-order valence-electron chi connectivity index (χ3n) is 3.24. The Balaban J connectivity index is 1.84. The first-order valence-electron chi connectivity index (χ1n) is 6.31. The van der Waals surface area contributed by atoms with Gasteiger partial charge in [0.2, 0.25) is 0 Å². The molecule has 1 aromatic rings. The number of nitro groups is 1. The van der Waals surface area contributed by atoms with Crippen molar-refractivity contribution in [2.75, 3.05) is 19.8 Å². The minimum atomic E-state index is -0.316. The van der Waals surface area contributed by atoms with Gasteiger partial charge < -0.3 is 10.1 Å². The third kappa shape index (κ3) is 3.51. The zero-order valence-electron chi connectivity index (χ0n) is 10.3. The Labute approximate surface area is 106 Å². The molecule has 0 bridgehead atoms. The Bertz CT molecular complexity index is 403. The van der Waals surface area contributed by atoms with Gasteiger partial charge in [0.25, 0.3) is 5.69 Å². The van der Waals surface area contributed by atoms with Gasteiger partial charge in [-0.2, -0.15) is 0 Å². The predicted octanol–water partition coefficient (Wildman–Crippen LogP) is 1.91. The fourth-order valence-electron chi connectivity index (χ4n) is 2.21. The maximum atomic E-state index is 10.9. The topological polar surface area (TPSA) is 64.4 Å². The highest BCUT2D eigenvalue weighted by molar-refractivity contribution is 5.39. The molecule has 0 saturated carbocycles. The van der Waals surface area contributed by atoms with E-state index in [0.717, 1.165) is 38.2 Å². The summed E-state index contributed by atoms with van der Waals surface area (Å²) in [6.07, 6.45) is 2.74. The second-order valence-electron chi connectivity index (χ2n) is 4.48. The molecule has 0 atom stereocenters. The van der Waals surface area contributed by atoms with Crippen LogP contribution >= 0.6 is 0 Å². The van der Waals surface area contributed by atoms with E-state index < -0.39 is 0 Å². The zero-order valence-corrected chi connectivity index (χ0v) is 10.3. The van der Waals surface area contributed by atoms with Crippen molar-refractivity contribution in [2.45, 2.75) is 25.3 Å². The summed E-state index contributed by atoms with van der Waals surface area (Å²) >= 11 is 0. The summed E-state index contributed by atoms with van der Waals surface area (Å²) in [6, 6.07) is 7.42. The first-order valence-corrected chi connectivity index (χ1v) is 6.31. The van der Waals surface area contributed by atoms with Crippen molar-refractivity contribution in [1.82, 2.24) is 5.32 Å². The van der Waals surface area contributed by atoms with Gasteiger partial charge in [0.15, 0.2) is 0 Å². The molecule has 1 N–H and O–H groups in total. The summed E-state index contributed by atoms with van der Waals surface area (Å²) in [5.41, 5.74) is 1.01. The molecule has 0 unspecified atom stereocenters. The number of benzene rings is 1. The van der Waals surface area contributed by atoms with Crippen molar-refractivity contribution < 1.29 is 9.66 Å². The van der Waals surface area contributed by atoms with Gasteiger partial charge in [0.05, 0.1) is 4.92 Å². The largest absolute Gasteiger partial charge is 0.381 e. The lowest BCUT2D eigenvalue weighted by molar-refractivity contribution is -0.385. The molecule has 0 amide bonds. The fourth-order valence-corrected chi connectivity index (χ4v) is 2.21. The van der Waals surface area contributed by atoms with Gasteiger partial charge >= 0.3 is 0 Å². The van der Waals surface area contributed by atoms with Crippen molar-refractivity contribution in [2.24, 2.45) is 0 Å². The first kappa shape index (κ1) is 13.0. The molecule has 1 heterocycles. The highest BCUT2D eigenvalue weighted by Gasteiger charge is 2.14. The number of ether oxygens (including phenoxy) is 1. The molecule has 1 aromatic carbocycles. The Hall–Kier alpha value is -1.46. The van der Waals surface area contributed by atoms with E-state index in [1.807, 2.05) is 12.1 Å². The zero-order chi connectivity index (χ0) is 12.8. The molecule has 0 aliphatic carbocycles. The van der Waals surface area contributed by atoms with Crippen LogP contribution in [0.2, 0.25) is 0 Å². The number of nitro benzene ring substituents is 1. The molecule has 5 nitrogen and oxygen atoms in total. The van der Waals surface area contributed by atoms with Gasteiger partial charge in [-0.15, -0.1) is 0 Å². The van der Waals surface area contributed by atoms with Crippen molar-refractivity contribution in [3.05, 3.63) is 39.9 Å². The van der Waals surface area contributed by atoms with E-state index >= 15 is 0 Å². The first-order chi connectivity index (χ1) is 8.77. The second-order valence-corrected chi connectivity index (χ2v) is 4.48. The maximum Gasteiger partial charge on any atom is 0.272 e. The molecular formula is C13H18N2O3. The Kier molecular flexibility index (Phi) is 4.66. The number of para-hydroxylation sites is 1. The Morgan fingerprint density at radius 2 is 2.06 bits per heavy atom. The molecule has 1 saturated heterocycles. The minimum absolute atomic E-state index is 0.214. The molecule has 5 heteroatoms. The van der Waals surface area contributed by atoms with Crippen molar-refractivity contribution in [3.8, 4) is 0 Å². The molecule has 98 valence electrons. The summed E-state index contributed by atoms with van der Waals surface area (Å²) in [5.74, 6) is 0. The molecule has 1 fully saturated rings. The number of nitrogens with one attached hydrogen (secondary N) is 1. The highest BCUT2D eigenvalue weighted by atomic mass is 16.6. The molecule has 2 rings (SSSR count). The highest BCUT2D eigenvalue weighted by Crippen LogP contribution is 2.17. The number of hydrogen-bond donors (Lipinski definition) is 1. The van der Waals surface area contributed by atoms with Crippen LogP contribution in [0.15, 0.2) is 24.3 Å². The van der Waals surface area contributed by atoms with Gasteiger partial charge in [-0.1, -0.05) is 18.2 Å². The maximum absolute atomic E-state index is 10.9. The Morgan fingerprint density at radius 3 is 2.78 bits per heavy atom. The van der Waals surface area contributed by atoms with E-state index in [1.165, 1.54) is 0 Å². The van der Waals surface area contributed by atoms with E-state index in [0.29, 0.717) is 12.5 Å². The lowest BCUT2D eigenvalue weighted by Gasteiger charge is -2.23. The van der Waals surface area contributed by atoms with Crippen LogP contribution in [-0.2, 0) is 11.2 Å². The minimum Gasteiger partial charge on any atom is -0.381 e. The normalized spacial score (nSPS) is 16.7. The van der Waals surface area contributed by atoms with E-state index in [4.69, 9.17) is 4.74 Å². The fraction of sp³-hybridized carbons (Fsp3) is 0.538. The number of hydrogen-bond acceptors (Lipinski definition) is 4. The average molecular weight is 250 g/mol. The monoisotopic (exact) mass is 250 g/mol. The van der Waals surface area contributed by atoms with E-state index in [9.17, 15) is 10.1 Å². The summed E-state index contributed by atoms with van der Waals surface area (Å²) in [6.45, 7) is 2.39. The van der Waals surface area contributed by atoms with Crippen LogP contribution in [0.5, 0.6) is 0 Å². The van der Waals surface area contributed by atoms with Crippen LogP contribution in [0.4, 0.5) is 5.69 Å². The second kappa shape index (κ2) is 6.47. The summed E-state index contributed by atoms with van der Waals surface area (Å²) in [7, 11) is 0. The SMILES string of the molecule is O=[N+]([O-])c1ccccc1CCNC1CCOCC1. The molecule has 0 radical (unpaired) electrons. The van der Waals surface area contributed by atoms with Gasteiger partial charge in [-0.3, -0.25) is 10.1 Å². The van der Waals surface area contributed by atoms with Crippen LogP contribution in [-0.4, -0.2) is 30.7 Å². The number of rotatable bonds is 5. The van der Waals surface area contributed by atoms with Gasteiger partial charge in [0, 0.05) is 30.9 Å². The quantitative estimate of drug-likeness (QED) is 0.640. The van der Waals surface area contributed by atoms with Crippen LogP contribution in [0.1, 0.15) is 18.4 Å². The van der Waals surface area contributed by atoms with Crippen LogP contribution < -0.4 is 5.32 Å². The smallest absolute Gasteiger partial charge is 0.272 e. The lowest BCUT2D eigenvalue weighted by atomic mass is 10.1. The van der Waals surface area contributed by atoms with Gasteiger partial charge in [-0.25, -0.2) is 0 Å². The van der Waals surface area contributed by atoms with Crippen LogP contribution in [0.3, 0.4) is 0 Å². The summed E-state index contributed by atoms with van der Waals surface area (Å²) in [5, 5.41) is 14.3. The third-order valence-corrected chi connectivity index (χ3v) is 3.24. The molecule has 1 aliphatic heterocycles. The molecular weight excluding hydrogens is 232 g/mol. The van der Waals surface area contributed by atoms with Crippen LogP contribution in [0, 0.1) is 10.1 Å². The van der Waals surface area contributed by atoms with E-state index in [1.54, 1.807) is 12.1 Å². The summed E-state index contributed by atoms with van der Waals surface area (Å²) in [4.78, 5) is 10.5. The summed E-state index contributed by atoms with van der Waals surface area (Å²) < 4.78 is 5.29. The van der Waals surface area contributed by atoms with Gasteiger partial charge in [0.1, 0.15) is 0 Å². The van der Waals surface area contributed by atoms with Gasteiger partial charge in [-0.05, 0) is 25.8 Å². The van der Waals surface area contributed by atoms with Crippen LogP contribution in [0.25, 0.3) is 0 Å². The van der Waals surface area contributed by atoms with Crippen molar-refractivity contribution in [3.63, 3.8) is 0 Å². The average Bonchev–Trinajstić information content (AvgIpc) is 2.40. The van der Waals surface area contributed by atoms with Crippen molar-refractivity contribution >= 4 is 5.69 Å². The Morgan fingerprint density at radius 1 is 1.33 bits per heavy atom. The molecule has 18 heavy (non-hydrogen) atoms. The molecule has 0 spiro atoms. The van der Waals surface area contributed by atoms with Crippen molar-refractivity contribution in [1.29, 1.82) is 0 Å². The molecule has 0 aromatic heterocycles. The van der Waals surface area contributed by atoms with E-state index in [2.05, 4.69) is 5.32 Å². The lowest BCUT2D eigenvalue weighted by Crippen LogP contribution is -2.35. The van der Waals surface area contributed by atoms with E-state index in [-0.39, 0.29) is 10.6 Å². The number of nitrogens with zero attached hydrogens (tertiary/aromatic N) is 1.